The van der Waals surface area contributed by atoms with Crippen LogP contribution in [0.4, 0.5) is 17.1 Å². The maximum atomic E-state index is 13.0. The maximum absolute atomic E-state index is 13.0. The van der Waals surface area contributed by atoms with Crippen LogP contribution in [0.15, 0.2) is 65.6 Å². The number of nitrogens with one attached hydrogen (secondary N) is 2. The van der Waals surface area contributed by atoms with Crippen molar-refractivity contribution in [2.75, 3.05) is 15.5 Å². The normalized spacial score (nSPS) is 21.4. The van der Waals surface area contributed by atoms with Gasteiger partial charge in [0, 0.05) is 29.6 Å². The molecule has 0 spiro atoms. The van der Waals surface area contributed by atoms with Crippen molar-refractivity contribution < 1.29 is 29.1 Å². The van der Waals surface area contributed by atoms with Gasteiger partial charge < -0.3 is 15.7 Å². The summed E-state index contributed by atoms with van der Waals surface area (Å²) in [6.07, 6.45) is 4.37. The number of allylic oxidation sites excluding steroid dienone is 2. The van der Waals surface area contributed by atoms with E-state index in [0.717, 1.165) is 9.80 Å². The summed E-state index contributed by atoms with van der Waals surface area (Å²) in [6, 6.07) is 13.4. The summed E-state index contributed by atoms with van der Waals surface area (Å²) in [5.41, 5.74) is 1.54. The van der Waals surface area contributed by atoms with Crippen molar-refractivity contribution in [3.8, 4) is 0 Å². The standard InChI is InChI=1S/C26H25N3O6S/c1-15(30)27-16-6-10-18(11-7-16)29-23(31)14-22(25(29)33)36-19-12-8-17(9-13-19)28-24(32)20-4-2-3-5-21(20)26(34)35/h2-3,6-13,20-22H,4-5,14H2,1H3,(H,27,30)(H,28,32)(H,34,35). The Labute approximate surface area is 211 Å². The predicted molar refractivity (Wildman–Crippen MR) is 136 cm³/mol. The van der Waals surface area contributed by atoms with Gasteiger partial charge in [-0.3, -0.25) is 24.0 Å². The number of carbonyl (C=O) groups is 5. The number of carboxylic acids is 1. The highest BCUT2D eigenvalue weighted by Gasteiger charge is 2.40. The molecule has 0 saturated carbocycles. The molecule has 2 aromatic carbocycles. The lowest BCUT2D eigenvalue weighted by atomic mass is 9.82. The number of hydrogen-bond donors (Lipinski definition) is 3. The summed E-state index contributed by atoms with van der Waals surface area (Å²) in [5.74, 6) is -3.55. The number of carbonyl (C=O) groups excluding carboxylic acids is 4. The van der Waals surface area contributed by atoms with Gasteiger partial charge in [0.15, 0.2) is 0 Å². The van der Waals surface area contributed by atoms with E-state index in [1.807, 2.05) is 6.08 Å². The zero-order chi connectivity index (χ0) is 25.8. The maximum Gasteiger partial charge on any atom is 0.307 e. The molecule has 10 heteroatoms. The Morgan fingerprint density at radius 2 is 1.47 bits per heavy atom. The fourth-order valence-electron chi connectivity index (χ4n) is 4.26. The second-order valence-corrected chi connectivity index (χ2v) is 9.89. The molecule has 3 unspecified atom stereocenters. The molecule has 186 valence electrons. The molecule has 0 aromatic heterocycles. The Kier molecular flexibility index (Phi) is 7.54. The van der Waals surface area contributed by atoms with Gasteiger partial charge in [-0.25, -0.2) is 4.90 Å². The van der Waals surface area contributed by atoms with Gasteiger partial charge in [-0.05, 0) is 61.4 Å². The number of rotatable bonds is 7. The molecule has 2 aromatic rings. The second-order valence-electron chi connectivity index (χ2n) is 8.61. The highest BCUT2D eigenvalue weighted by Crippen LogP contribution is 2.35. The SMILES string of the molecule is CC(=O)Nc1ccc(N2C(=O)CC(Sc3ccc(NC(=O)C4CC=CCC4C(=O)O)cc3)C2=O)cc1. The van der Waals surface area contributed by atoms with Crippen molar-refractivity contribution in [2.24, 2.45) is 11.8 Å². The Balaban J connectivity index is 1.37. The lowest BCUT2D eigenvalue weighted by molar-refractivity contribution is -0.146. The van der Waals surface area contributed by atoms with Gasteiger partial charge in [0.05, 0.1) is 22.8 Å². The first-order valence-corrected chi connectivity index (χ1v) is 12.3. The number of nitrogens with zero attached hydrogens (tertiary/aromatic N) is 1. The van der Waals surface area contributed by atoms with E-state index in [9.17, 15) is 29.1 Å². The molecule has 1 aliphatic carbocycles. The van der Waals surface area contributed by atoms with E-state index < -0.39 is 23.1 Å². The first-order chi connectivity index (χ1) is 17.2. The molecular weight excluding hydrogens is 482 g/mol. The van der Waals surface area contributed by atoms with Crippen molar-refractivity contribution in [1.29, 1.82) is 0 Å². The van der Waals surface area contributed by atoms with E-state index >= 15 is 0 Å². The van der Waals surface area contributed by atoms with Crippen molar-refractivity contribution >= 4 is 58.4 Å². The summed E-state index contributed by atoms with van der Waals surface area (Å²) < 4.78 is 0. The number of amides is 4. The van der Waals surface area contributed by atoms with Crippen molar-refractivity contribution in [2.45, 2.75) is 36.3 Å². The minimum absolute atomic E-state index is 0.0568. The van der Waals surface area contributed by atoms with Crippen LogP contribution in [-0.2, 0) is 24.0 Å². The number of hydrogen-bond acceptors (Lipinski definition) is 6. The van der Waals surface area contributed by atoms with Crippen LogP contribution in [0.2, 0.25) is 0 Å². The number of anilines is 3. The summed E-state index contributed by atoms with van der Waals surface area (Å²) in [4.78, 5) is 62.7. The molecule has 36 heavy (non-hydrogen) atoms. The van der Waals surface area contributed by atoms with Crippen molar-refractivity contribution in [3.63, 3.8) is 0 Å². The van der Waals surface area contributed by atoms with Crippen molar-refractivity contribution in [3.05, 3.63) is 60.7 Å². The molecule has 1 saturated heterocycles. The molecule has 2 aliphatic rings. The summed E-state index contributed by atoms with van der Waals surface area (Å²) in [5, 5.41) is 14.2. The third-order valence-electron chi connectivity index (χ3n) is 6.04. The molecule has 0 radical (unpaired) electrons. The third-order valence-corrected chi connectivity index (χ3v) is 7.23. The molecule has 3 atom stereocenters. The first kappa shape index (κ1) is 25.2. The third kappa shape index (κ3) is 5.65. The Morgan fingerprint density at radius 1 is 0.889 bits per heavy atom. The van der Waals surface area contributed by atoms with Crippen LogP contribution in [0.1, 0.15) is 26.2 Å². The van der Waals surface area contributed by atoms with Gasteiger partial charge in [0.25, 0.3) is 0 Å². The summed E-state index contributed by atoms with van der Waals surface area (Å²) in [7, 11) is 0. The summed E-state index contributed by atoms with van der Waals surface area (Å²) in [6.45, 7) is 1.40. The second kappa shape index (κ2) is 10.8. The van der Waals surface area contributed by atoms with E-state index in [4.69, 9.17) is 0 Å². The number of carboxylic acid groups (broad SMARTS) is 1. The molecule has 9 nitrogen and oxygen atoms in total. The largest absolute Gasteiger partial charge is 0.481 e. The Bertz CT molecular complexity index is 1230. The van der Waals surface area contributed by atoms with Gasteiger partial charge in [-0.15, -0.1) is 11.8 Å². The quantitative estimate of drug-likeness (QED) is 0.385. The van der Waals surface area contributed by atoms with Gasteiger partial charge >= 0.3 is 5.97 Å². The highest BCUT2D eigenvalue weighted by atomic mass is 32.2. The van der Waals surface area contributed by atoms with E-state index in [2.05, 4.69) is 10.6 Å². The zero-order valence-electron chi connectivity index (χ0n) is 19.5. The van der Waals surface area contributed by atoms with Crippen LogP contribution >= 0.6 is 11.8 Å². The molecule has 1 fully saturated rings. The average Bonchev–Trinajstić information content (AvgIpc) is 3.13. The van der Waals surface area contributed by atoms with Crippen LogP contribution in [0.5, 0.6) is 0 Å². The smallest absolute Gasteiger partial charge is 0.307 e. The average molecular weight is 508 g/mol. The minimum atomic E-state index is -0.986. The number of imide groups is 1. The Morgan fingerprint density at radius 3 is 2.08 bits per heavy atom. The van der Waals surface area contributed by atoms with E-state index in [1.54, 1.807) is 54.6 Å². The van der Waals surface area contributed by atoms with E-state index in [1.165, 1.54) is 18.7 Å². The first-order valence-electron chi connectivity index (χ1n) is 11.4. The molecule has 4 rings (SSSR count). The van der Waals surface area contributed by atoms with Crippen LogP contribution in [0, 0.1) is 11.8 Å². The van der Waals surface area contributed by atoms with Crippen LogP contribution < -0.4 is 15.5 Å². The van der Waals surface area contributed by atoms with Gasteiger partial charge in [-0.2, -0.15) is 0 Å². The Hall–Kier alpha value is -3.92. The predicted octanol–water partition coefficient (Wildman–Crippen LogP) is 3.67. The molecular formula is C26H25N3O6S. The van der Waals surface area contributed by atoms with Gasteiger partial charge in [-0.1, -0.05) is 12.2 Å². The van der Waals surface area contributed by atoms with Gasteiger partial charge in [0.1, 0.15) is 0 Å². The number of thioether (sulfide) groups is 1. The van der Waals surface area contributed by atoms with E-state index in [-0.39, 0.29) is 30.0 Å². The molecule has 4 amide bonds. The molecule has 1 aliphatic heterocycles. The fraction of sp³-hybridized carbons (Fsp3) is 0.269. The minimum Gasteiger partial charge on any atom is -0.481 e. The lowest BCUT2D eigenvalue weighted by Gasteiger charge is -2.24. The van der Waals surface area contributed by atoms with Crippen LogP contribution in [0.3, 0.4) is 0 Å². The topological polar surface area (TPSA) is 133 Å². The highest BCUT2D eigenvalue weighted by molar-refractivity contribution is 8.00. The van der Waals surface area contributed by atoms with Crippen LogP contribution in [-0.4, -0.2) is 40.0 Å². The van der Waals surface area contributed by atoms with E-state index in [0.29, 0.717) is 29.9 Å². The summed E-state index contributed by atoms with van der Waals surface area (Å²) >= 11 is 1.26. The number of aliphatic carboxylic acids is 1. The molecule has 0 bridgehead atoms. The van der Waals surface area contributed by atoms with Crippen LogP contribution in [0.25, 0.3) is 0 Å². The monoisotopic (exact) mass is 507 g/mol. The molecule has 1 heterocycles. The zero-order valence-corrected chi connectivity index (χ0v) is 20.3. The van der Waals surface area contributed by atoms with Gasteiger partial charge in [0.2, 0.25) is 23.6 Å². The molecule has 3 N–H and O–H groups in total. The lowest BCUT2D eigenvalue weighted by Crippen LogP contribution is -2.34. The fourth-order valence-corrected chi connectivity index (χ4v) is 5.31. The number of benzene rings is 2. The van der Waals surface area contributed by atoms with Crippen molar-refractivity contribution in [1.82, 2.24) is 0 Å².